The van der Waals surface area contributed by atoms with Gasteiger partial charge in [-0.05, 0) is 24.3 Å². The van der Waals surface area contributed by atoms with E-state index in [0.29, 0.717) is 16.4 Å². The molecule has 0 saturated carbocycles. The number of benzene rings is 1. The van der Waals surface area contributed by atoms with Gasteiger partial charge < -0.3 is 14.4 Å². The van der Waals surface area contributed by atoms with Crippen molar-refractivity contribution in [3.8, 4) is 23.2 Å². The zero-order valence-corrected chi connectivity index (χ0v) is 12.2. The second kappa shape index (κ2) is 4.96. The van der Waals surface area contributed by atoms with E-state index in [4.69, 9.17) is 16.0 Å². The molecule has 1 aromatic carbocycles. The Kier molecular flexibility index (Phi) is 2.91. The number of nitrogens with zero attached hydrogens (tertiary/aromatic N) is 3. The summed E-state index contributed by atoms with van der Waals surface area (Å²) in [7, 11) is 0. The summed E-state index contributed by atoms with van der Waals surface area (Å²) < 4.78 is 5.57. The third kappa shape index (κ3) is 2.34. The average Bonchev–Trinajstić information content (AvgIpc) is 3.24. The van der Waals surface area contributed by atoms with E-state index in [1.807, 2.05) is 18.2 Å². The molecule has 0 spiro atoms. The van der Waals surface area contributed by atoms with Gasteiger partial charge in [-0.15, -0.1) is 10.2 Å². The number of H-pyrrole nitrogens is 2. The maximum absolute atomic E-state index is 10.7. The van der Waals surface area contributed by atoms with E-state index in [1.165, 1.54) is 12.3 Å². The van der Waals surface area contributed by atoms with Crippen LogP contribution in [-0.4, -0.2) is 25.1 Å². The van der Waals surface area contributed by atoms with Gasteiger partial charge in [-0.1, -0.05) is 11.6 Å². The lowest BCUT2D eigenvalue weighted by molar-refractivity contribution is -0.384. The Morgan fingerprint density at radius 2 is 1.91 bits per heavy atom. The van der Waals surface area contributed by atoms with Crippen molar-refractivity contribution < 1.29 is 9.34 Å². The van der Waals surface area contributed by atoms with Crippen LogP contribution in [0.4, 0.5) is 5.69 Å². The van der Waals surface area contributed by atoms with Crippen molar-refractivity contribution in [2.75, 3.05) is 0 Å². The molecule has 8 nitrogen and oxygen atoms in total. The van der Waals surface area contributed by atoms with Crippen LogP contribution in [0.15, 0.2) is 40.9 Å². The number of fused-ring (bicyclic) bond motifs is 1. The summed E-state index contributed by atoms with van der Waals surface area (Å²) in [6.45, 7) is 0. The number of hydrogen-bond donors (Lipinski definition) is 2. The lowest BCUT2D eigenvalue weighted by atomic mass is 10.2. The molecule has 0 aliphatic heterocycles. The summed E-state index contributed by atoms with van der Waals surface area (Å²) in [5.41, 5.74) is 1.84. The third-order valence-corrected chi connectivity index (χ3v) is 3.58. The van der Waals surface area contributed by atoms with Crippen molar-refractivity contribution in [3.63, 3.8) is 0 Å². The van der Waals surface area contributed by atoms with Crippen molar-refractivity contribution in [2.45, 2.75) is 0 Å². The molecule has 0 radical (unpaired) electrons. The minimum atomic E-state index is -0.501. The number of hydrogen-bond acceptors (Lipinski definition) is 5. The van der Waals surface area contributed by atoms with Crippen LogP contribution in [0.3, 0.4) is 0 Å². The van der Waals surface area contributed by atoms with Gasteiger partial charge in [0.15, 0.2) is 0 Å². The number of nitro groups is 1. The first-order valence-corrected chi connectivity index (χ1v) is 6.93. The molecule has 2 N–H and O–H groups in total. The number of rotatable bonds is 3. The van der Waals surface area contributed by atoms with Gasteiger partial charge in [0, 0.05) is 22.0 Å². The summed E-state index contributed by atoms with van der Waals surface area (Å²) in [6, 6.07) is 8.63. The SMILES string of the molecule is O=[N+]([O-])c1c[nH]c(-c2nnc(-c3cc4cc(Cl)ccc4[nH]3)o2)c1. The smallest absolute Gasteiger partial charge is 0.287 e. The van der Waals surface area contributed by atoms with E-state index in [-0.39, 0.29) is 17.5 Å². The lowest BCUT2D eigenvalue weighted by Crippen LogP contribution is -1.82. The monoisotopic (exact) mass is 329 g/mol. The number of halogens is 1. The predicted molar refractivity (Wildman–Crippen MR) is 83.0 cm³/mol. The van der Waals surface area contributed by atoms with Gasteiger partial charge in [0.05, 0.1) is 11.1 Å². The molecule has 3 heterocycles. The molecule has 9 heteroatoms. The van der Waals surface area contributed by atoms with Crippen LogP contribution >= 0.6 is 11.6 Å². The molecular formula is C14H8ClN5O3. The minimum Gasteiger partial charge on any atom is -0.413 e. The van der Waals surface area contributed by atoms with E-state index in [1.54, 1.807) is 6.07 Å². The topological polar surface area (TPSA) is 114 Å². The fourth-order valence-corrected chi connectivity index (χ4v) is 2.45. The van der Waals surface area contributed by atoms with Crippen molar-refractivity contribution >= 4 is 28.2 Å². The lowest BCUT2D eigenvalue weighted by Gasteiger charge is -1.89. The Labute approximate surface area is 133 Å². The fourth-order valence-electron chi connectivity index (χ4n) is 2.27. The van der Waals surface area contributed by atoms with Crippen molar-refractivity contribution in [1.29, 1.82) is 0 Å². The molecule has 0 aliphatic rings. The largest absolute Gasteiger partial charge is 0.413 e. The molecule has 0 unspecified atom stereocenters. The Bertz CT molecular complexity index is 1030. The maximum Gasteiger partial charge on any atom is 0.287 e. The van der Waals surface area contributed by atoms with Gasteiger partial charge in [0.2, 0.25) is 0 Å². The van der Waals surface area contributed by atoms with Crippen LogP contribution < -0.4 is 0 Å². The molecular weight excluding hydrogens is 322 g/mol. The number of aromatic amines is 2. The van der Waals surface area contributed by atoms with E-state index in [0.717, 1.165) is 10.9 Å². The highest BCUT2D eigenvalue weighted by atomic mass is 35.5. The summed E-state index contributed by atoms with van der Waals surface area (Å²) in [6.07, 6.45) is 1.27. The zero-order chi connectivity index (χ0) is 16.0. The summed E-state index contributed by atoms with van der Waals surface area (Å²) in [4.78, 5) is 16.1. The summed E-state index contributed by atoms with van der Waals surface area (Å²) in [5, 5.41) is 20.1. The number of aromatic nitrogens is 4. The predicted octanol–water partition coefficient (Wildman–Crippen LogP) is 3.77. The minimum absolute atomic E-state index is 0.0694. The molecule has 23 heavy (non-hydrogen) atoms. The molecule has 114 valence electrons. The molecule has 0 saturated heterocycles. The molecule has 0 aliphatic carbocycles. The van der Waals surface area contributed by atoms with Gasteiger partial charge in [-0.3, -0.25) is 10.1 Å². The quantitative estimate of drug-likeness (QED) is 0.438. The van der Waals surface area contributed by atoms with Gasteiger partial charge in [-0.2, -0.15) is 0 Å². The van der Waals surface area contributed by atoms with Crippen LogP contribution in [0.2, 0.25) is 5.02 Å². The van der Waals surface area contributed by atoms with E-state index in [9.17, 15) is 10.1 Å². The standard InChI is InChI=1S/C14H8ClN5O3/c15-8-1-2-10-7(3-8)4-12(17-10)14-19-18-13(23-14)11-5-9(6-16-11)20(21)22/h1-6,16-17H. The second-order valence-electron chi connectivity index (χ2n) is 4.86. The van der Waals surface area contributed by atoms with Gasteiger partial charge in [0.25, 0.3) is 17.5 Å². The van der Waals surface area contributed by atoms with Gasteiger partial charge >= 0.3 is 0 Å². The Morgan fingerprint density at radius 3 is 2.65 bits per heavy atom. The van der Waals surface area contributed by atoms with Crippen molar-refractivity contribution in [3.05, 3.63) is 51.7 Å². The van der Waals surface area contributed by atoms with Crippen LogP contribution in [0.25, 0.3) is 34.1 Å². The van der Waals surface area contributed by atoms with Crippen LogP contribution in [0.1, 0.15) is 0 Å². The summed E-state index contributed by atoms with van der Waals surface area (Å²) in [5.74, 6) is 0.453. The highest BCUT2D eigenvalue weighted by molar-refractivity contribution is 6.31. The third-order valence-electron chi connectivity index (χ3n) is 3.35. The molecule has 0 amide bonds. The second-order valence-corrected chi connectivity index (χ2v) is 5.29. The van der Waals surface area contributed by atoms with Crippen molar-refractivity contribution in [2.24, 2.45) is 0 Å². The Hall–Kier alpha value is -3.13. The maximum atomic E-state index is 10.7. The first-order valence-electron chi connectivity index (χ1n) is 6.55. The molecule has 3 aromatic heterocycles. The molecule has 4 aromatic rings. The van der Waals surface area contributed by atoms with Crippen LogP contribution in [0, 0.1) is 10.1 Å². The first-order chi connectivity index (χ1) is 11.1. The summed E-state index contributed by atoms with van der Waals surface area (Å²) >= 11 is 5.96. The highest BCUT2D eigenvalue weighted by Gasteiger charge is 2.17. The van der Waals surface area contributed by atoms with Crippen LogP contribution in [-0.2, 0) is 0 Å². The van der Waals surface area contributed by atoms with Crippen molar-refractivity contribution in [1.82, 2.24) is 20.2 Å². The first kappa shape index (κ1) is 13.5. The van der Waals surface area contributed by atoms with Gasteiger partial charge in [-0.25, -0.2) is 0 Å². The Morgan fingerprint density at radius 1 is 1.13 bits per heavy atom. The van der Waals surface area contributed by atoms with E-state index < -0.39 is 4.92 Å². The highest BCUT2D eigenvalue weighted by Crippen LogP contribution is 2.28. The van der Waals surface area contributed by atoms with E-state index >= 15 is 0 Å². The van der Waals surface area contributed by atoms with E-state index in [2.05, 4.69) is 20.2 Å². The van der Waals surface area contributed by atoms with Gasteiger partial charge in [0.1, 0.15) is 11.4 Å². The molecule has 0 fully saturated rings. The average molecular weight is 330 g/mol. The fraction of sp³-hybridized carbons (Fsp3) is 0. The Balaban J connectivity index is 1.72. The number of nitrogens with one attached hydrogen (secondary N) is 2. The molecule has 4 rings (SSSR count). The molecule has 0 bridgehead atoms. The van der Waals surface area contributed by atoms with Crippen LogP contribution in [0.5, 0.6) is 0 Å². The zero-order valence-electron chi connectivity index (χ0n) is 11.4. The normalized spacial score (nSPS) is 11.2. The molecule has 0 atom stereocenters.